The summed E-state index contributed by atoms with van der Waals surface area (Å²) in [6, 6.07) is 4.03. The highest BCUT2D eigenvalue weighted by molar-refractivity contribution is 7.93. The van der Waals surface area contributed by atoms with Crippen molar-refractivity contribution in [3.8, 4) is 0 Å². The Morgan fingerprint density at radius 3 is 1.74 bits per heavy atom. The van der Waals surface area contributed by atoms with Crippen LogP contribution in [0.2, 0.25) is 0 Å². The third-order valence-electron chi connectivity index (χ3n) is 3.70. The van der Waals surface area contributed by atoms with Crippen molar-refractivity contribution >= 4 is 21.7 Å². The van der Waals surface area contributed by atoms with Gasteiger partial charge >= 0.3 is 5.97 Å². The van der Waals surface area contributed by atoms with Crippen LogP contribution in [0.1, 0.15) is 76.0 Å². The van der Waals surface area contributed by atoms with Gasteiger partial charge in [-0.1, -0.05) is 53.7 Å². The van der Waals surface area contributed by atoms with E-state index in [4.69, 9.17) is 5.11 Å². The molecule has 0 unspecified atom stereocenters. The highest BCUT2D eigenvalue weighted by Crippen LogP contribution is 2.36. The normalized spacial score (nSPS) is 12.2. The molecule has 0 saturated heterocycles. The fourth-order valence-corrected chi connectivity index (χ4v) is 3.37. The van der Waals surface area contributed by atoms with Crippen LogP contribution in [0.25, 0.3) is 0 Å². The first kappa shape index (κ1) is 19.5. The van der Waals surface area contributed by atoms with Crippen molar-refractivity contribution < 1.29 is 18.3 Å². The fraction of sp³-hybridized carbons (Fsp3) is 0.588. The Labute approximate surface area is 139 Å². The van der Waals surface area contributed by atoms with Gasteiger partial charge in [0.15, 0.2) is 5.75 Å². The average Bonchev–Trinajstić information content (AvgIpc) is 2.35. The van der Waals surface area contributed by atoms with Crippen molar-refractivity contribution in [1.29, 1.82) is 0 Å². The van der Waals surface area contributed by atoms with Crippen LogP contribution < -0.4 is 4.72 Å². The van der Waals surface area contributed by atoms with Gasteiger partial charge in [0.1, 0.15) is 0 Å². The van der Waals surface area contributed by atoms with Crippen molar-refractivity contribution in [3.05, 3.63) is 28.8 Å². The quantitative estimate of drug-likeness (QED) is 0.788. The Morgan fingerprint density at radius 2 is 1.43 bits per heavy atom. The maximum absolute atomic E-state index is 12.1. The van der Waals surface area contributed by atoms with E-state index >= 15 is 0 Å². The van der Waals surface area contributed by atoms with Gasteiger partial charge in [-0.05, 0) is 34.4 Å². The fourth-order valence-electron chi connectivity index (χ4n) is 2.43. The summed E-state index contributed by atoms with van der Waals surface area (Å²) in [7, 11) is -3.93. The number of carboxylic acid groups (broad SMARTS) is 1. The van der Waals surface area contributed by atoms with Gasteiger partial charge in [0.05, 0.1) is 5.69 Å². The summed E-state index contributed by atoms with van der Waals surface area (Å²) < 4.78 is 26.7. The van der Waals surface area contributed by atoms with Crippen LogP contribution in [0.5, 0.6) is 0 Å². The van der Waals surface area contributed by atoms with Crippen LogP contribution in [0.4, 0.5) is 5.69 Å². The van der Waals surface area contributed by atoms with Crippen molar-refractivity contribution in [2.75, 3.05) is 10.5 Å². The van der Waals surface area contributed by atoms with E-state index in [1.807, 2.05) is 39.8 Å². The van der Waals surface area contributed by atoms with Crippen molar-refractivity contribution in [2.24, 2.45) is 0 Å². The van der Waals surface area contributed by atoms with Gasteiger partial charge in [0.2, 0.25) is 10.0 Å². The van der Waals surface area contributed by atoms with E-state index in [1.54, 1.807) is 0 Å². The Balaban J connectivity index is 3.52. The Hall–Kier alpha value is -1.56. The smallest absolute Gasteiger partial charge is 0.320 e. The van der Waals surface area contributed by atoms with Crippen LogP contribution in [0.3, 0.4) is 0 Å². The molecule has 130 valence electrons. The zero-order chi connectivity index (χ0) is 17.9. The lowest BCUT2D eigenvalue weighted by Gasteiger charge is -2.23. The Morgan fingerprint density at radius 1 is 1.00 bits per heavy atom. The molecule has 23 heavy (non-hydrogen) atoms. The number of hydrogen-bond donors (Lipinski definition) is 2. The molecule has 0 atom stereocenters. The minimum Gasteiger partial charge on any atom is -0.480 e. The minimum atomic E-state index is -3.93. The van der Waals surface area contributed by atoms with E-state index in [0.29, 0.717) is 11.6 Å². The molecule has 1 rings (SSSR count). The van der Waals surface area contributed by atoms with Crippen LogP contribution in [-0.4, -0.2) is 25.2 Å². The molecule has 0 radical (unpaired) electrons. The van der Waals surface area contributed by atoms with E-state index in [2.05, 4.69) is 18.6 Å². The van der Waals surface area contributed by atoms with Crippen LogP contribution >= 0.6 is 0 Å². The zero-order valence-electron chi connectivity index (χ0n) is 14.7. The first-order valence-corrected chi connectivity index (χ1v) is 9.49. The van der Waals surface area contributed by atoms with Gasteiger partial charge in [-0.25, -0.2) is 8.42 Å². The summed E-state index contributed by atoms with van der Waals surface area (Å²) in [4.78, 5) is 10.8. The number of nitrogens with one attached hydrogen (secondary N) is 1. The van der Waals surface area contributed by atoms with Crippen LogP contribution in [0, 0.1) is 0 Å². The molecular weight excluding hydrogens is 314 g/mol. The van der Waals surface area contributed by atoms with Crippen molar-refractivity contribution in [1.82, 2.24) is 0 Å². The summed E-state index contributed by atoms with van der Waals surface area (Å²) in [5.41, 5.74) is 3.47. The zero-order valence-corrected chi connectivity index (χ0v) is 15.5. The SMILES string of the molecule is CC(C)c1cc(C(C)C)c(NS(=O)(=O)CC(=O)O)c(C(C)C)c1. The van der Waals surface area contributed by atoms with Crippen molar-refractivity contribution in [3.63, 3.8) is 0 Å². The van der Waals surface area contributed by atoms with E-state index in [-0.39, 0.29) is 11.8 Å². The minimum absolute atomic E-state index is 0.119. The molecule has 6 heteroatoms. The van der Waals surface area contributed by atoms with Crippen molar-refractivity contribution in [2.45, 2.75) is 59.3 Å². The number of carboxylic acids is 1. The predicted octanol–water partition coefficient (Wildman–Crippen LogP) is 3.88. The molecule has 0 aromatic heterocycles. The number of sulfonamides is 1. The lowest BCUT2D eigenvalue weighted by atomic mass is 9.88. The number of benzene rings is 1. The second-order valence-corrected chi connectivity index (χ2v) is 8.52. The molecule has 0 aliphatic rings. The van der Waals surface area contributed by atoms with Gasteiger partial charge < -0.3 is 5.11 Å². The number of aliphatic carboxylic acids is 1. The lowest BCUT2D eigenvalue weighted by Crippen LogP contribution is -2.24. The van der Waals surface area contributed by atoms with Gasteiger partial charge in [0.25, 0.3) is 0 Å². The van der Waals surface area contributed by atoms with E-state index in [1.165, 1.54) is 0 Å². The molecular formula is C17H27NO4S. The summed E-state index contributed by atoms with van der Waals surface area (Å²) in [5.74, 6) is -1.74. The van der Waals surface area contributed by atoms with Gasteiger partial charge in [-0.3, -0.25) is 9.52 Å². The predicted molar refractivity (Wildman–Crippen MR) is 93.8 cm³/mol. The molecule has 2 N–H and O–H groups in total. The number of hydrogen-bond acceptors (Lipinski definition) is 3. The number of rotatable bonds is 7. The number of carbonyl (C=O) groups is 1. The molecule has 0 spiro atoms. The molecule has 0 aliphatic carbocycles. The lowest BCUT2D eigenvalue weighted by molar-refractivity contribution is -0.134. The van der Waals surface area contributed by atoms with E-state index in [0.717, 1.165) is 16.7 Å². The third-order valence-corrected chi connectivity index (χ3v) is 4.85. The topological polar surface area (TPSA) is 83.5 Å². The summed E-state index contributed by atoms with van der Waals surface area (Å²) >= 11 is 0. The summed E-state index contributed by atoms with van der Waals surface area (Å²) in [6.07, 6.45) is 0. The molecule has 0 amide bonds. The highest BCUT2D eigenvalue weighted by atomic mass is 32.2. The standard InChI is InChI=1S/C17H27NO4S/c1-10(2)13-7-14(11(3)4)17(15(8-13)12(5)6)18-23(21,22)9-16(19)20/h7-8,10-12,18H,9H2,1-6H3,(H,19,20). The highest BCUT2D eigenvalue weighted by Gasteiger charge is 2.22. The van der Waals surface area contributed by atoms with Gasteiger partial charge in [-0.15, -0.1) is 0 Å². The van der Waals surface area contributed by atoms with Gasteiger partial charge in [0, 0.05) is 0 Å². The summed E-state index contributed by atoms with van der Waals surface area (Å²) in [6.45, 7) is 12.2. The molecule has 1 aromatic carbocycles. The molecule has 5 nitrogen and oxygen atoms in total. The van der Waals surface area contributed by atoms with E-state index in [9.17, 15) is 13.2 Å². The van der Waals surface area contributed by atoms with Crippen LogP contribution in [0.15, 0.2) is 12.1 Å². The number of anilines is 1. The Kier molecular flexibility index (Phi) is 6.22. The Bertz CT molecular complexity index is 647. The summed E-state index contributed by atoms with van der Waals surface area (Å²) in [5, 5.41) is 8.78. The van der Waals surface area contributed by atoms with Crippen LogP contribution in [-0.2, 0) is 14.8 Å². The van der Waals surface area contributed by atoms with Gasteiger partial charge in [-0.2, -0.15) is 0 Å². The molecule has 0 saturated carbocycles. The monoisotopic (exact) mass is 341 g/mol. The molecule has 0 bridgehead atoms. The first-order valence-electron chi connectivity index (χ1n) is 7.84. The third kappa shape index (κ3) is 5.23. The second-order valence-electron chi connectivity index (χ2n) is 6.79. The maximum atomic E-state index is 12.1. The molecule has 0 aliphatic heterocycles. The van der Waals surface area contributed by atoms with E-state index < -0.39 is 21.7 Å². The maximum Gasteiger partial charge on any atom is 0.320 e. The molecule has 0 fully saturated rings. The molecule has 1 aromatic rings. The largest absolute Gasteiger partial charge is 0.480 e. The average molecular weight is 341 g/mol. The first-order chi connectivity index (χ1) is 10.4. The molecule has 0 heterocycles. The second kappa shape index (κ2) is 7.34.